The number of aromatic nitrogens is 2. The van der Waals surface area contributed by atoms with Gasteiger partial charge in [0.25, 0.3) is 5.56 Å². The molecule has 0 spiro atoms. The molecule has 4 atom stereocenters. The van der Waals surface area contributed by atoms with Gasteiger partial charge >= 0.3 is 5.69 Å². The van der Waals surface area contributed by atoms with Crippen LogP contribution in [0.2, 0.25) is 0 Å². The summed E-state index contributed by atoms with van der Waals surface area (Å²) in [6, 6.07) is 0. The maximum absolute atomic E-state index is 11.9. The van der Waals surface area contributed by atoms with E-state index in [-0.39, 0.29) is 25.0 Å². The largest absolute Gasteiger partial charge is 0.394 e. The fraction of sp³-hybridized carbons (Fsp3) is 0.600. The maximum Gasteiger partial charge on any atom is 0.330 e. The molecule has 2 rings (SSSR count). The van der Waals surface area contributed by atoms with Crippen LogP contribution in [0.3, 0.4) is 0 Å². The Bertz CT molecular complexity index is 652. The molecule has 1 fully saturated rings. The second kappa shape index (κ2) is 7.69. The minimum Gasteiger partial charge on any atom is -0.394 e. The van der Waals surface area contributed by atoms with Crippen LogP contribution >= 0.6 is 0 Å². The lowest BCUT2D eigenvalue weighted by atomic mass is 10.1. The van der Waals surface area contributed by atoms with Gasteiger partial charge in [0.05, 0.1) is 18.8 Å². The second-order valence-electron chi connectivity index (χ2n) is 5.66. The van der Waals surface area contributed by atoms with Gasteiger partial charge in [-0.05, 0) is 12.8 Å². The molecule has 1 aliphatic rings. The number of hydrogen-bond acceptors (Lipinski definition) is 6. The Labute approximate surface area is 132 Å². The average molecular weight is 326 g/mol. The van der Waals surface area contributed by atoms with Crippen molar-refractivity contribution in [2.24, 2.45) is 0 Å². The number of nitrogens with zero attached hydrogens (tertiary/aromatic N) is 1. The number of aliphatic hydroxyl groups excluding tert-OH is 3. The van der Waals surface area contributed by atoms with Crippen molar-refractivity contribution >= 4 is 0 Å². The Morgan fingerprint density at radius 2 is 2.26 bits per heavy atom. The minimum absolute atomic E-state index is 0.0994. The Morgan fingerprint density at radius 1 is 1.52 bits per heavy atom. The molecule has 0 aliphatic carbocycles. The molecule has 0 aromatic carbocycles. The van der Waals surface area contributed by atoms with Crippen LogP contribution in [0.5, 0.6) is 0 Å². The summed E-state index contributed by atoms with van der Waals surface area (Å²) >= 11 is 0. The van der Waals surface area contributed by atoms with E-state index in [1.165, 1.54) is 10.8 Å². The zero-order valence-electron chi connectivity index (χ0n) is 12.7. The molecule has 8 heteroatoms. The quantitative estimate of drug-likeness (QED) is 0.479. The van der Waals surface area contributed by atoms with Crippen LogP contribution in [0.25, 0.3) is 0 Å². The molecule has 0 saturated carbocycles. The van der Waals surface area contributed by atoms with E-state index in [1.807, 2.05) is 0 Å². The van der Waals surface area contributed by atoms with Crippen molar-refractivity contribution in [2.75, 3.05) is 6.61 Å². The lowest BCUT2D eigenvalue weighted by Gasteiger charge is -2.16. The van der Waals surface area contributed by atoms with E-state index in [1.54, 1.807) is 6.08 Å². The molecule has 23 heavy (non-hydrogen) atoms. The van der Waals surface area contributed by atoms with Gasteiger partial charge in [-0.3, -0.25) is 14.3 Å². The predicted molar refractivity (Wildman–Crippen MR) is 82.1 cm³/mol. The molecule has 2 heterocycles. The monoisotopic (exact) mass is 326 g/mol. The van der Waals surface area contributed by atoms with Crippen molar-refractivity contribution in [2.45, 2.75) is 50.2 Å². The van der Waals surface area contributed by atoms with Crippen molar-refractivity contribution in [3.05, 3.63) is 45.3 Å². The van der Waals surface area contributed by atoms with Gasteiger partial charge in [0.1, 0.15) is 12.3 Å². The highest BCUT2D eigenvalue weighted by Crippen LogP contribution is 2.27. The van der Waals surface area contributed by atoms with Gasteiger partial charge in [-0.25, -0.2) is 4.79 Å². The van der Waals surface area contributed by atoms with Crippen LogP contribution in [0.1, 0.15) is 31.1 Å². The van der Waals surface area contributed by atoms with Gasteiger partial charge in [-0.15, -0.1) is 6.58 Å². The highest BCUT2D eigenvalue weighted by atomic mass is 16.5. The van der Waals surface area contributed by atoms with E-state index in [4.69, 9.17) is 9.84 Å². The Hall–Kier alpha value is -1.74. The van der Waals surface area contributed by atoms with Gasteiger partial charge in [-0.2, -0.15) is 0 Å². The predicted octanol–water partition coefficient (Wildman–Crippen LogP) is -0.953. The first kappa shape index (κ1) is 17.6. The van der Waals surface area contributed by atoms with Gasteiger partial charge in [0.2, 0.25) is 0 Å². The third-order valence-electron chi connectivity index (χ3n) is 3.90. The third-order valence-corrected chi connectivity index (χ3v) is 3.90. The Kier molecular flexibility index (Phi) is 5.89. The van der Waals surface area contributed by atoms with Crippen molar-refractivity contribution < 1.29 is 20.1 Å². The number of aromatic amines is 1. The van der Waals surface area contributed by atoms with Crippen LogP contribution in [0.4, 0.5) is 0 Å². The van der Waals surface area contributed by atoms with Crippen molar-refractivity contribution in [3.63, 3.8) is 0 Å². The van der Waals surface area contributed by atoms with Crippen LogP contribution in [-0.2, 0) is 11.2 Å². The van der Waals surface area contributed by atoms with E-state index < -0.39 is 35.8 Å². The summed E-state index contributed by atoms with van der Waals surface area (Å²) in [4.78, 5) is 26.0. The van der Waals surface area contributed by atoms with Crippen LogP contribution in [0, 0.1) is 0 Å². The average Bonchev–Trinajstić information content (AvgIpc) is 2.88. The van der Waals surface area contributed by atoms with Crippen molar-refractivity contribution in [1.82, 2.24) is 9.55 Å². The molecule has 8 nitrogen and oxygen atoms in total. The summed E-state index contributed by atoms with van der Waals surface area (Å²) in [5.74, 6) is 0. The zero-order chi connectivity index (χ0) is 17.0. The standard InChI is InChI=1S/C15H22N2O6/c1-2-3-4-10(19)5-9-7-17(15(22)16-14(9)21)13-6-11(20)12(8-18)23-13/h2,7,10-13,18-20H,1,3-6,8H2,(H,16,21,22)/t10?,11-,12+,13+/m0/s1. The SMILES string of the molecule is C=CCCC(O)Cc1cn([C@H]2C[C@H](O)[C@@H](CO)O2)c(=O)[nH]c1=O. The first-order valence-electron chi connectivity index (χ1n) is 7.54. The molecule has 0 amide bonds. The topological polar surface area (TPSA) is 125 Å². The van der Waals surface area contributed by atoms with Crippen molar-refractivity contribution in [1.29, 1.82) is 0 Å². The lowest BCUT2D eigenvalue weighted by Crippen LogP contribution is -2.35. The van der Waals surface area contributed by atoms with E-state index >= 15 is 0 Å². The van der Waals surface area contributed by atoms with Crippen LogP contribution in [0.15, 0.2) is 28.4 Å². The number of H-pyrrole nitrogens is 1. The highest BCUT2D eigenvalue weighted by molar-refractivity contribution is 5.07. The molecule has 4 N–H and O–H groups in total. The molecule has 1 aromatic heterocycles. The van der Waals surface area contributed by atoms with Crippen LogP contribution < -0.4 is 11.2 Å². The normalized spacial score (nSPS) is 25.4. The van der Waals surface area contributed by atoms with Gasteiger partial charge in [-0.1, -0.05) is 6.08 Å². The number of hydrogen-bond donors (Lipinski definition) is 4. The zero-order valence-corrected chi connectivity index (χ0v) is 12.7. The number of nitrogens with one attached hydrogen (secondary N) is 1. The second-order valence-corrected chi connectivity index (χ2v) is 5.66. The van der Waals surface area contributed by atoms with Crippen molar-refractivity contribution in [3.8, 4) is 0 Å². The molecule has 0 bridgehead atoms. The summed E-state index contributed by atoms with van der Waals surface area (Å²) in [6.07, 6.45) is 1.20. The summed E-state index contributed by atoms with van der Waals surface area (Å²) < 4.78 is 6.60. The molecule has 0 radical (unpaired) electrons. The Balaban J connectivity index is 2.21. The fourth-order valence-electron chi connectivity index (χ4n) is 2.60. The Morgan fingerprint density at radius 3 is 2.87 bits per heavy atom. The number of aliphatic hydroxyl groups is 3. The first-order chi connectivity index (χ1) is 11.0. The van der Waals surface area contributed by atoms with E-state index in [2.05, 4.69) is 11.6 Å². The number of allylic oxidation sites excluding steroid dienone is 1. The maximum atomic E-state index is 11.9. The summed E-state index contributed by atoms with van der Waals surface area (Å²) in [6.45, 7) is 3.21. The highest BCUT2D eigenvalue weighted by Gasteiger charge is 2.35. The summed E-state index contributed by atoms with van der Waals surface area (Å²) in [5.41, 5.74) is -0.956. The smallest absolute Gasteiger partial charge is 0.330 e. The third kappa shape index (κ3) is 4.17. The van der Waals surface area contributed by atoms with Gasteiger partial charge in [0.15, 0.2) is 0 Å². The molecule has 1 saturated heterocycles. The summed E-state index contributed by atoms with van der Waals surface area (Å²) in [7, 11) is 0. The summed E-state index contributed by atoms with van der Waals surface area (Å²) in [5, 5.41) is 28.8. The number of ether oxygens (including phenoxy) is 1. The molecular weight excluding hydrogens is 304 g/mol. The van der Waals surface area contributed by atoms with E-state index in [9.17, 15) is 19.8 Å². The van der Waals surface area contributed by atoms with E-state index in [0.29, 0.717) is 12.8 Å². The molecular formula is C15H22N2O6. The molecule has 1 aromatic rings. The van der Waals surface area contributed by atoms with E-state index in [0.717, 1.165) is 0 Å². The first-order valence-corrected chi connectivity index (χ1v) is 7.54. The van der Waals surface area contributed by atoms with Gasteiger partial charge in [0, 0.05) is 24.6 Å². The number of rotatable bonds is 7. The van der Waals surface area contributed by atoms with Crippen LogP contribution in [-0.4, -0.2) is 49.8 Å². The molecule has 128 valence electrons. The fourth-order valence-corrected chi connectivity index (χ4v) is 2.60. The van der Waals surface area contributed by atoms with Gasteiger partial charge < -0.3 is 20.1 Å². The lowest BCUT2D eigenvalue weighted by molar-refractivity contribution is -0.0460. The molecule has 1 aliphatic heterocycles. The minimum atomic E-state index is -0.884. The molecule has 1 unspecified atom stereocenters.